The van der Waals surface area contributed by atoms with Crippen LogP contribution in [0.2, 0.25) is 0 Å². The van der Waals surface area contributed by atoms with Crippen LogP contribution in [0.3, 0.4) is 0 Å². The lowest BCUT2D eigenvalue weighted by Gasteiger charge is -2.23. The van der Waals surface area contributed by atoms with Crippen LogP contribution in [-0.2, 0) is 6.42 Å². The Morgan fingerprint density at radius 1 is 1.37 bits per heavy atom. The molecule has 0 fully saturated rings. The second-order valence-electron chi connectivity index (χ2n) is 5.66. The van der Waals surface area contributed by atoms with Gasteiger partial charge in [0.15, 0.2) is 5.65 Å². The maximum Gasteiger partial charge on any atom is 0.153 e. The lowest BCUT2D eigenvalue weighted by Crippen LogP contribution is -2.22. The highest BCUT2D eigenvalue weighted by Gasteiger charge is 2.14. The van der Waals surface area contributed by atoms with Gasteiger partial charge >= 0.3 is 0 Å². The second-order valence-corrected chi connectivity index (χ2v) is 5.66. The number of nitrogens with one attached hydrogen (secondary N) is 1. The monoisotopic (exact) mass is 261 g/mol. The van der Waals surface area contributed by atoms with Crippen LogP contribution in [0.25, 0.3) is 5.65 Å². The van der Waals surface area contributed by atoms with Gasteiger partial charge in [-0.05, 0) is 30.5 Å². The molecule has 2 heterocycles. The molecule has 0 atom stereocenters. The first-order valence-electron chi connectivity index (χ1n) is 6.83. The molecule has 0 spiro atoms. The Kier molecular flexibility index (Phi) is 4.04. The number of rotatable bonds is 6. The maximum atomic E-state index is 5.54. The van der Waals surface area contributed by atoms with Crippen LogP contribution in [0.5, 0.6) is 0 Å². The van der Waals surface area contributed by atoms with Crippen molar-refractivity contribution in [2.45, 2.75) is 33.6 Å². The van der Waals surface area contributed by atoms with Gasteiger partial charge in [0, 0.05) is 13.0 Å². The van der Waals surface area contributed by atoms with Gasteiger partial charge in [0.1, 0.15) is 5.82 Å². The van der Waals surface area contributed by atoms with E-state index in [9.17, 15) is 0 Å². The van der Waals surface area contributed by atoms with Crippen molar-refractivity contribution in [2.75, 3.05) is 18.4 Å². The highest BCUT2D eigenvalue weighted by molar-refractivity contribution is 5.45. The van der Waals surface area contributed by atoms with E-state index in [0.717, 1.165) is 36.5 Å². The molecule has 0 aliphatic rings. The molecular formula is C14H23N5. The summed E-state index contributed by atoms with van der Waals surface area (Å²) in [5.74, 6) is 0.880. The van der Waals surface area contributed by atoms with Crippen LogP contribution in [0.4, 0.5) is 5.82 Å². The molecular weight excluding hydrogens is 238 g/mol. The number of anilines is 1. The molecule has 5 nitrogen and oxygen atoms in total. The SMILES string of the molecule is CCC(C)(C)CNc1ccc2nc(CCN)cn2n1. The van der Waals surface area contributed by atoms with E-state index >= 15 is 0 Å². The lowest BCUT2D eigenvalue weighted by molar-refractivity contribution is 0.376. The van der Waals surface area contributed by atoms with Crippen molar-refractivity contribution < 1.29 is 0 Å². The highest BCUT2D eigenvalue weighted by Crippen LogP contribution is 2.20. The summed E-state index contributed by atoms with van der Waals surface area (Å²) in [6.45, 7) is 8.21. The Labute approximate surface area is 114 Å². The Morgan fingerprint density at radius 2 is 2.16 bits per heavy atom. The first kappa shape index (κ1) is 13.8. The van der Waals surface area contributed by atoms with Crippen LogP contribution >= 0.6 is 0 Å². The summed E-state index contributed by atoms with van der Waals surface area (Å²) >= 11 is 0. The van der Waals surface area contributed by atoms with Crippen LogP contribution in [0.15, 0.2) is 18.3 Å². The third-order valence-corrected chi connectivity index (χ3v) is 3.48. The predicted molar refractivity (Wildman–Crippen MR) is 78.3 cm³/mol. The normalized spacial score (nSPS) is 12.0. The van der Waals surface area contributed by atoms with Crippen molar-refractivity contribution in [3.05, 3.63) is 24.0 Å². The fourth-order valence-electron chi connectivity index (χ4n) is 1.75. The molecule has 3 N–H and O–H groups in total. The molecule has 0 aromatic carbocycles. The first-order chi connectivity index (χ1) is 9.04. The number of hydrogen-bond acceptors (Lipinski definition) is 4. The molecule has 0 aliphatic heterocycles. The van der Waals surface area contributed by atoms with Crippen LogP contribution in [-0.4, -0.2) is 27.7 Å². The summed E-state index contributed by atoms with van der Waals surface area (Å²) in [4.78, 5) is 4.46. The largest absolute Gasteiger partial charge is 0.368 e. The van der Waals surface area contributed by atoms with Crippen molar-refractivity contribution in [2.24, 2.45) is 11.1 Å². The Hall–Kier alpha value is -1.62. The van der Waals surface area contributed by atoms with E-state index in [-0.39, 0.29) is 5.41 Å². The summed E-state index contributed by atoms with van der Waals surface area (Å²) in [7, 11) is 0. The number of fused-ring (bicyclic) bond motifs is 1. The number of aromatic nitrogens is 3. The average Bonchev–Trinajstić information content (AvgIpc) is 2.78. The summed E-state index contributed by atoms with van der Waals surface area (Å²) in [5.41, 5.74) is 7.67. The van der Waals surface area contributed by atoms with E-state index in [1.54, 1.807) is 0 Å². The van der Waals surface area contributed by atoms with Crippen LogP contribution < -0.4 is 11.1 Å². The summed E-state index contributed by atoms with van der Waals surface area (Å²) in [6.07, 6.45) is 3.86. The van der Waals surface area contributed by atoms with Crippen LogP contribution in [0.1, 0.15) is 32.9 Å². The van der Waals surface area contributed by atoms with Gasteiger partial charge < -0.3 is 11.1 Å². The molecule has 19 heavy (non-hydrogen) atoms. The second kappa shape index (κ2) is 5.57. The molecule has 0 saturated carbocycles. The highest BCUT2D eigenvalue weighted by atomic mass is 15.3. The number of imidazole rings is 1. The van der Waals surface area contributed by atoms with Gasteiger partial charge in [-0.1, -0.05) is 20.8 Å². The topological polar surface area (TPSA) is 68.2 Å². The van der Waals surface area contributed by atoms with Gasteiger partial charge in [-0.2, -0.15) is 0 Å². The summed E-state index contributed by atoms with van der Waals surface area (Å²) < 4.78 is 1.81. The number of hydrogen-bond donors (Lipinski definition) is 2. The average molecular weight is 261 g/mol. The predicted octanol–water partition coefficient (Wildman–Crippen LogP) is 2.08. The molecule has 2 rings (SSSR count). The summed E-state index contributed by atoms with van der Waals surface area (Å²) in [6, 6.07) is 3.95. The van der Waals surface area contributed by atoms with E-state index < -0.39 is 0 Å². The fourth-order valence-corrected chi connectivity index (χ4v) is 1.75. The Morgan fingerprint density at radius 3 is 2.84 bits per heavy atom. The van der Waals surface area contributed by atoms with Gasteiger partial charge in [0.05, 0.1) is 11.9 Å². The molecule has 0 unspecified atom stereocenters. The van der Waals surface area contributed by atoms with Gasteiger partial charge in [-0.15, -0.1) is 5.10 Å². The van der Waals surface area contributed by atoms with Crippen molar-refractivity contribution in [1.29, 1.82) is 0 Å². The smallest absolute Gasteiger partial charge is 0.153 e. The van der Waals surface area contributed by atoms with Crippen molar-refractivity contribution >= 4 is 11.5 Å². The van der Waals surface area contributed by atoms with Crippen molar-refractivity contribution in [3.8, 4) is 0 Å². The lowest BCUT2D eigenvalue weighted by atomic mass is 9.90. The maximum absolute atomic E-state index is 5.54. The third kappa shape index (κ3) is 3.44. The quantitative estimate of drug-likeness (QED) is 0.835. The minimum atomic E-state index is 0.274. The molecule has 0 amide bonds. The molecule has 0 bridgehead atoms. The standard InChI is InChI=1S/C14H23N5/c1-4-14(2,3)10-16-12-5-6-13-17-11(7-8-15)9-19(13)18-12/h5-6,9H,4,7-8,10,15H2,1-3H3,(H,16,18). The minimum Gasteiger partial charge on any atom is -0.368 e. The Bertz CT molecular complexity index is 544. The molecule has 104 valence electrons. The zero-order chi connectivity index (χ0) is 13.9. The van der Waals surface area contributed by atoms with Crippen LogP contribution in [0, 0.1) is 5.41 Å². The van der Waals surface area contributed by atoms with E-state index in [1.807, 2.05) is 22.8 Å². The van der Waals surface area contributed by atoms with Crippen molar-refractivity contribution in [3.63, 3.8) is 0 Å². The molecule has 2 aromatic heterocycles. The number of nitrogens with zero attached hydrogens (tertiary/aromatic N) is 3. The van der Waals surface area contributed by atoms with Gasteiger partial charge in [-0.25, -0.2) is 9.50 Å². The molecule has 0 aliphatic carbocycles. The Balaban J connectivity index is 2.12. The van der Waals surface area contributed by atoms with Gasteiger partial charge in [0.2, 0.25) is 0 Å². The molecule has 0 radical (unpaired) electrons. The van der Waals surface area contributed by atoms with E-state index in [0.29, 0.717) is 6.54 Å². The fraction of sp³-hybridized carbons (Fsp3) is 0.571. The van der Waals surface area contributed by atoms with Crippen molar-refractivity contribution in [1.82, 2.24) is 14.6 Å². The van der Waals surface area contributed by atoms with E-state index in [2.05, 4.69) is 36.2 Å². The zero-order valence-corrected chi connectivity index (χ0v) is 12.0. The van der Waals surface area contributed by atoms with Gasteiger partial charge in [-0.3, -0.25) is 0 Å². The first-order valence-corrected chi connectivity index (χ1v) is 6.83. The number of nitrogens with two attached hydrogens (primary N) is 1. The van der Waals surface area contributed by atoms with E-state index in [4.69, 9.17) is 5.73 Å². The zero-order valence-electron chi connectivity index (χ0n) is 12.0. The van der Waals surface area contributed by atoms with Gasteiger partial charge in [0.25, 0.3) is 0 Å². The molecule has 5 heteroatoms. The van der Waals surface area contributed by atoms with E-state index in [1.165, 1.54) is 0 Å². The minimum absolute atomic E-state index is 0.274. The molecule has 2 aromatic rings. The molecule has 0 saturated heterocycles. The summed E-state index contributed by atoms with van der Waals surface area (Å²) in [5, 5.41) is 7.90. The third-order valence-electron chi connectivity index (χ3n) is 3.48.